The van der Waals surface area contributed by atoms with Crippen molar-refractivity contribution in [1.82, 2.24) is 10.3 Å². The lowest BCUT2D eigenvalue weighted by atomic mass is 10.1. The van der Waals surface area contributed by atoms with E-state index in [2.05, 4.69) is 26.2 Å². The van der Waals surface area contributed by atoms with E-state index in [1.54, 1.807) is 12.1 Å². The quantitative estimate of drug-likeness (QED) is 0.869. The highest BCUT2D eigenvalue weighted by Gasteiger charge is 2.30. The van der Waals surface area contributed by atoms with Crippen molar-refractivity contribution in [3.63, 3.8) is 0 Å². The van der Waals surface area contributed by atoms with Crippen molar-refractivity contribution < 1.29 is 14.7 Å². The van der Waals surface area contributed by atoms with Crippen molar-refractivity contribution in [1.29, 1.82) is 0 Å². The third-order valence-corrected chi connectivity index (χ3v) is 3.30. The standard InChI is InChI=1S/C12H13BrN2O3/c13-8-3-4-9(14-6-8)11(16)15-10(12(17)18)5-7-1-2-7/h3-4,6-7,10H,1-2,5H2,(H,15,16)(H,17,18). The molecule has 1 atom stereocenters. The van der Waals surface area contributed by atoms with Crippen molar-refractivity contribution in [3.8, 4) is 0 Å². The van der Waals surface area contributed by atoms with Crippen LogP contribution in [0.25, 0.3) is 0 Å². The number of pyridine rings is 1. The van der Waals surface area contributed by atoms with Gasteiger partial charge in [-0.1, -0.05) is 12.8 Å². The lowest BCUT2D eigenvalue weighted by Gasteiger charge is -2.13. The van der Waals surface area contributed by atoms with Gasteiger partial charge in [0.2, 0.25) is 0 Å². The van der Waals surface area contributed by atoms with Crippen LogP contribution in [-0.4, -0.2) is 28.0 Å². The molecule has 1 unspecified atom stereocenters. The van der Waals surface area contributed by atoms with Crippen molar-refractivity contribution in [3.05, 3.63) is 28.5 Å². The summed E-state index contributed by atoms with van der Waals surface area (Å²) in [6.07, 6.45) is 4.11. The van der Waals surface area contributed by atoms with Crippen LogP contribution in [0.15, 0.2) is 22.8 Å². The van der Waals surface area contributed by atoms with E-state index in [1.165, 1.54) is 6.20 Å². The maximum atomic E-state index is 11.8. The Bertz CT molecular complexity index is 457. The smallest absolute Gasteiger partial charge is 0.326 e. The molecule has 1 saturated carbocycles. The fourth-order valence-corrected chi connectivity index (χ4v) is 1.89. The fraction of sp³-hybridized carbons (Fsp3) is 0.417. The highest BCUT2D eigenvalue weighted by molar-refractivity contribution is 9.10. The van der Waals surface area contributed by atoms with Gasteiger partial charge in [-0.3, -0.25) is 4.79 Å². The van der Waals surface area contributed by atoms with Crippen molar-refractivity contribution in [2.75, 3.05) is 0 Å². The Balaban J connectivity index is 1.99. The average molecular weight is 313 g/mol. The van der Waals surface area contributed by atoms with Gasteiger partial charge in [0.1, 0.15) is 11.7 Å². The second kappa shape index (κ2) is 5.48. The van der Waals surface area contributed by atoms with Crippen LogP contribution in [0.3, 0.4) is 0 Å². The van der Waals surface area contributed by atoms with Crippen LogP contribution in [0.4, 0.5) is 0 Å². The molecule has 1 amide bonds. The summed E-state index contributed by atoms with van der Waals surface area (Å²) in [7, 11) is 0. The summed E-state index contributed by atoms with van der Waals surface area (Å²) in [5.41, 5.74) is 0.222. The van der Waals surface area contributed by atoms with Gasteiger partial charge in [0.15, 0.2) is 0 Å². The van der Waals surface area contributed by atoms with Crippen LogP contribution in [0.5, 0.6) is 0 Å². The lowest BCUT2D eigenvalue weighted by Crippen LogP contribution is -2.41. The Kier molecular flexibility index (Phi) is 3.96. The minimum atomic E-state index is -0.993. The molecule has 2 N–H and O–H groups in total. The first kappa shape index (κ1) is 13.0. The summed E-state index contributed by atoms with van der Waals surface area (Å²) in [4.78, 5) is 26.8. The van der Waals surface area contributed by atoms with Gasteiger partial charge in [-0.05, 0) is 40.4 Å². The Morgan fingerprint density at radius 2 is 2.22 bits per heavy atom. The van der Waals surface area contributed by atoms with Crippen LogP contribution in [0.1, 0.15) is 29.8 Å². The molecule has 0 radical (unpaired) electrons. The Morgan fingerprint density at radius 1 is 1.50 bits per heavy atom. The Hall–Kier alpha value is -1.43. The van der Waals surface area contributed by atoms with Gasteiger partial charge in [0.25, 0.3) is 5.91 Å². The van der Waals surface area contributed by atoms with Crippen LogP contribution in [0.2, 0.25) is 0 Å². The van der Waals surface area contributed by atoms with E-state index in [0.717, 1.165) is 17.3 Å². The number of aromatic nitrogens is 1. The van der Waals surface area contributed by atoms with Crippen LogP contribution < -0.4 is 5.32 Å². The third kappa shape index (κ3) is 3.53. The van der Waals surface area contributed by atoms with Crippen LogP contribution >= 0.6 is 15.9 Å². The number of carbonyl (C=O) groups is 2. The van der Waals surface area contributed by atoms with Gasteiger partial charge >= 0.3 is 5.97 Å². The largest absolute Gasteiger partial charge is 0.480 e. The fourth-order valence-electron chi connectivity index (χ4n) is 1.65. The van der Waals surface area contributed by atoms with Crippen molar-refractivity contribution in [2.45, 2.75) is 25.3 Å². The number of hydrogen-bond acceptors (Lipinski definition) is 3. The van der Waals surface area contributed by atoms with E-state index in [4.69, 9.17) is 5.11 Å². The number of halogens is 1. The predicted octanol–water partition coefficient (Wildman–Crippen LogP) is 1.83. The summed E-state index contributed by atoms with van der Waals surface area (Å²) >= 11 is 3.22. The normalized spacial score (nSPS) is 16.1. The molecule has 1 aliphatic carbocycles. The number of aliphatic carboxylic acids is 1. The SMILES string of the molecule is O=C(NC(CC1CC1)C(=O)O)c1ccc(Br)cn1. The monoisotopic (exact) mass is 312 g/mol. The molecular weight excluding hydrogens is 300 g/mol. The second-order valence-corrected chi connectivity index (χ2v) is 5.32. The zero-order chi connectivity index (χ0) is 13.1. The van der Waals surface area contributed by atoms with Gasteiger partial charge in [-0.2, -0.15) is 0 Å². The first-order chi connectivity index (χ1) is 8.56. The van der Waals surface area contributed by atoms with E-state index < -0.39 is 17.9 Å². The maximum Gasteiger partial charge on any atom is 0.326 e. The Labute approximate surface area is 113 Å². The van der Waals surface area contributed by atoms with Gasteiger partial charge in [0.05, 0.1) is 0 Å². The molecule has 0 bridgehead atoms. The predicted molar refractivity (Wildman–Crippen MR) is 68.2 cm³/mol. The summed E-state index contributed by atoms with van der Waals surface area (Å²) in [6, 6.07) is 2.42. The second-order valence-electron chi connectivity index (χ2n) is 4.41. The third-order valence-electron chi connectivity index (χ3n) is 2.83. The maximum absolute atomic E-state index is 11.8. The average Bonchev–Trinajstić information content (AvgIpc) is 3.12. The van der Waals surface area contributed by atoms with Crippen molar-refractivity contribution in [2.24, 2.45) is 5.92 Å². The molecule has 1 aliphatic rings. The molecule has 0 aliphatic heterocycles. The lowest BCUT2D eigenvalue weighted by molar-refractivity contribution is -0.139. The molecule has 0 spiro atoms. The molecule has 2 rings (SSSR count). The number of carbonyl (C=O) groups excluding carboxylic acids is 1. The topological polar surface area (TPSA) is 79.3 Å². The first-order valence-electron chi connectivity index (χ1n) is 5.71. The van der Waals surface area contributed by atoms with Gasteiger partial charge < -0.3 is 10.4 Å². The number of nitrogens with zero attached hydrogens (tertiary/aromatic N) is 1. The van der Waals surface area contributed by atoms with Gasteiger partial charge in [-0.15, -0.1) is 0 Å². The molecule has 0 aromatic carbocycles. The number of amides is 1. The van der Waals surface area contributed by atoms with Crippen LogP contribution in [0, 0.1) is 5.92 Å². The molecule has 0 saturated heterocycles. The van der Waals surface area contributed by atoms with Gasteiger partial charge in [-0.25, -0.2) is 9.78 Å². The molecule has 1 heterocycles. The number of rotatable bonds is 5. The molecule has 1 fully saturated rings. The minimum Gasteiger partial charge on any atom is -0.480 e. The number of nitrogens with one attached hydrogen (secondary N) is 1. The number of hydrogen-bond donors (Lipinski definition) is 2. The number of carboxylic acid groups (broad SMARTS) is 1. The van der Waals surface area contributed by atoms with E-state index in [-0.39, 0.29) is 5.69 Å². The first-order valence-corrected chi connectivity index (χ1v) is 6.51. The van der Waals surface area contributed by atoms with E-state index >= 15 is 0 Å². The van der Waals surface area contributed by atoms with E-state index in [1.807, 2.05) is 0 Å². The summed E-state index contributed by atoms with van der Waals surface area (Å²) < 4.78 is 0.770. The summed E-state index contributed by atoms with van der Waals surface area (Å²) in [5.74, 6) is -1.01. The minimum absolute atomic E-state index is 0.222. The molecule has 96 valence electrons. The van der Waals surface area contributed by atoms with Crippen LogP contribution in [-0.2, 0) is 4.79 Å². The zero-order valence-electron chi connectivity index (χ0n) is 9.60. The molecular formula is C12H13BrN2O3. The molecule has 5 nitrogen and oxygen atoms in total. The molecule has 1 aromatic heterocycles. The highest BCUT2D eigenvalue weighted by Crippen LogP contribution is 2.33. The van der Waals surface area contributed by atoms with E-state index in [0.29, 0.717) is 12.3 Å². The van der Waals surface area contributed by atoms with Gasteiger partial charge in [0, 0.05) is 10.7 Å². The zero-order valence-corrected chi connectivity index (χ0v) is 11.2. The van der Waals surface area contributed by atoms with E-state index in [9.17, 15) is 9.59 Å². The molecule has 6 heteroatoms. The Morgan fingerprint density at radius 3 is 2.72 bits per heavy atom. The highest BCUT2D eigenvalue weighted by atomic mass is 79.9. The summed E-state index contributed by atoms with van der Waals surface area (Å²) in [6.45, 7) is 0. The molecule has 1 aromatic rings. The molecule has 18 heavy (non-hydrogen) atoms. The number of carboxylic acids is 1. The summed E-state index contributed by atoms with van der Waals surface area (Å²) in [5, 5.41) is 11.6. The van der Waals surface area contributed by atoms with Crippen molar-refractivity contribution >= 4 is 27.8 Å².